The van der Waals surface area contributed by atoms with Crippen LogP contribution in [0.25, 0.3) is 0 Å². The van der Waals surface area contributed by atoms with Crippen LogP contribution in [-0.4, -0.2) is 37.1 Å². The lowest BCUT2D eigenvalue weighted by molar-refractivity contribution is -0.162. The van der Waals surface area contributed by atoms with Gasteiger partial charge in [0.05, 0.1) is 6.42 Å². The van der Waals surface area contributed by atoms with E-state index in [-0.39, 0.29) is 5.57 Å². The van der Waals surface area contributed by atoms with Gasteiger partial charge in [0.2, 0.25) is 0 Å². The fourth-order valence-corrected chi connectivity index (χ4v) is 2.71. The van der Waals surface area contributed by atoms with E-state index >= 15 is 0 Å². The van der Waals surface area contributed by atoms with Crippen LogP contribution in [0.15, 0.2) is 72.8 Å². The predicted molar refractivity (Wildman–Crippen MR) is 118 cm³/mol. The first-order valence-corrected chi connectivity index (χ1v) is 10.3. The van der Waals surface area contributed by atoms with Crippen molar-refractivity contribution >= 4 is 23.9 Å². The third kappa shape index (κ3) is 8.98. The molecule has 8 nitrogen and oxygen atoms in total. The molecule has 0 aromatic heterocycles. The molecule has 0 aliphatic heterocycles. The lowest BCUT2D eigenvalue weighted by atomic mass is 10.1. The Morgan fingerprint density at radius 2 is 1.12 bits per heavy atom. The van der Waals surface area contributed by atoms with Gasteiger partial charge in [-0.25, -0.2) is 14.4 Å². The molecule has 2 aromatic rings. The molecule has 0 N–H and O–H groups in total. The maximum absolute atomic E-state index is 12.0. The lowest BCUT2D eigenvalue weighted by Crippen LogP contribution is -2.21. The number of hydrogen-bond donors (Lipinski definition) is 0. The minimum atomic E-state index is -0.948. The van der Waals surface area contributed by atoms with E-state index in [1.54, 1.807) is 38.1 Å². The van der Waals surface area contributed by atoms with E-state index in [0.717, 1.165) is 11.1 Å². The summed E-state index contributed by atoms with van der Waals surface area (Å²) in [5.41, 5.74) is 1.36. The zero-order valence-corrected chi connectivity index (χ0v) is 18.5. The second kappa shape index (κ2) is 12.8. The fraction of sp³-hybridized carbons (Fsp3) is 0.280. The zero-order valence-electron chi connectivity index (χ0n) is 18.5. The van der Waals surface area contributed by atoms with Gasteiger partial charge in [0.25, 0.3) is 0 Å². The first kappa shape index (κ1) is 25.3. The van der Waals surface area contributed by atoms with Gasteiger partial charge in [-0.1, -0.05) is 67.2 Å². The fourth-order valence-electron chi connectivity index (χ4n) is 2.71. The second-order valence-corrected chi connectivity index (χ2v) is 7.10. The number of esters is 4. The highest BCUT2D eigenvalue weighted by molar-refractivity contribution is 5.94. The van der Waals surface area contributed by atoms with Crippen LogP contribution in [-0.2, 0) is 38.1 Å². The Bertz CT molecular complexity index is 968. The highest BCUT2D eigenvalue weighted by Crippen LogP contribution is 2.17. The molecule has 0 aliphatic carbocycles. The van der Waals surface area contributed by atoms with Gasteiger partial charge in [0, 0.05) is 5.57 Å². The summed E-state index contributed by atoms with van der Waals surface area (Å²) in [4.78, 5) is 47.5. The maximum Gasteiger partial charge on any atom is 0.344 e. The SMILES string of the molecule is C=C(CC(=O)OCC(=O)OC(C)c1ccccc1)C(=O)OCC(=O)OC(C)c1ccccc1. The van der Waals surface area contributed by atoms with Crippen molar-refractivity contribution in [1.82, 2.24) is 0 Å². The van der Waals surface area contributed by atoms with E-state index in [1.807, 2.05) is 36.4 Å². The molecular weight excluding hydrogens is 428 g/mol. The highest BCUT2D eigenvalue weighted by Gasteiger charge is 2.19. The first-order chi connectivity index (χ1) is 15.8. The van der Waals surface area contributed by atoms with Gasteiger partial charge in [0.1, 0.15) is 12.2 Å². The summed E-state index contributed by atoms with van der Waals surface area (Å²) in [6.07, 6.45) is -1.53. The molecule has 0 radical (unpaired) electrons. The van der Waals surface area contributed by atoms with Crippen LogP contribution in [0.4, 0.5) is 0 Å². The van der Waals surface area contributed by atoms with Crippen molar-refractivity contribution in [1.29, 1.82) is 0 Å². The third-order valence-corrected chi connectivity index (χ3v) is 4.47. The number of hydrogen-bond acceptors (Lipinski definition) is 8. The third-order valence-electron chi connectivity index (χ3n) is 4.47. The molecule has 2 unspecified atom stereocenters. The van der Waals surface area contributed by atoms with Gasteiger partial charge in [-0.05, 0) is 25.0 Å². The summed E-state index contributed by atoms with van der Waals surface area (Å²) in [6.45, 7) is 5.60. The molecule has 8 heteroatoms. The van der Waals surface area contributed by atoms with Crippen LogP contribution in [0.3, 0.4) is 0 Å². The second-order valence-electron chi connectivity index (χ2n) is 7.10. The number of benzene rings is 2. The van der Waals surface area contributed by atoms with Crippen molar-refractivity contribution < 1.29 is 38.1 Å². The molecule has 2 aromatic carbocycles. The van der Waals surface area contributed by atoms with E-state index in [9.17, 15) is 19.2 Å². The lowest BCUT2D eigenvalue weighted by Gasteiger charge is -2.14. The Kier molecular flexibility index (Phi) is 9.82. The normalized spacial score (nSPS) is 12.1. The van der Waals surface area contributed by atoms with Gasteiger partial charge in [-0.3, -0.25) is 4.79 Å². The summed E-state index contributed by atoms with van der Waals surface area (Å²) < 4.78 is 20.0. The van der Waals surface area contributed by atoms with E-state index in [4.69, 9.17) is 18.9 Å². The quantitative estimate of drug-likeness (QED) is 0.288. The molecule has 2 rings (SSSR count). The number of carbonyl (C=O) groups is 4. The zero-order chi connectivity index (χ0) is 24.2. The summed E-state index contributed by atoms with van der Waals surface area (Å²) in [7, 11) is 0. The van der Waals surface area contributed by atoms with Crippen molar-refractivity contribution in [3.63, 3.8) is 0 Å². The van der Waals surface area contributed by atoms with Crippen molar-refractivity contribution in [2.75, 3.05) is 13.2 Å². The number of carbonyl (C=O) groups excluding carboxylic acids is 4. The minimum Gasteiger partial charge on any atom is -0.455 e. The molecule has 174 valence electrons. The van der Waals surface area contributed by atoms with E-state index < -0.39 is 55.7 Å². The van der Waals surface area contributed by atoms with Gasteiger partial charge in [-0.2, -0.15) is 0 Å². The number of ether oxygens (including phenoxy) is 4. The number of rotatable bonds is 11. The van der Waals surface area contributed by atoms with Crippen molar-refractivity contribution in [3.05, 3.63) is 83.9 Å². The van der Waals surface area contributed by atoms with Crippen LogP contribution >= 0.6 is 0 Å². The standard InChI is InChI=1S/C25H26O8/c1-17(25(29)31-16-24(28)33-19(3)21-12-8-5-9-13-21)14-22(26)30-15-23(27)32-18(2)20-10-6-4-7-11-20/h4-13,18-19H,1,14-16H2,2-3H3. The van der Waals surface area contributed by atoms with Gasteiger partial charge in [-0.15, -0.1) is 0 Å². The molecule has 0 spiro atoms. The molecule has 33 heavy (non-hydrogen) atoms. The Balaban J connectivity index is 1.66. The Labute approximate surface area is 192 Å². The van der Waals surface area contributed by atoms with Crippen LogP contribution in [0.5, 0.6) is 0 Å². The average molecular weight is 454 g/mol. The first-order valence-electron chi connectivity index (χ1n) is 10.3. The highest BCUT2D eigenvalue weighted by atomic mass is 16.6. The maximum atomic E-state index is 12.0. The van der Waals surface area contributed by atoms with E-state index in [1.165, 1.54) is 0 Å². The van der Waals surface area contributed by atoms with Gasteiger partial charge in [0.15, 0.2) is 13.2 Å². The van der Waals surface area contributed by atoms with Crippen LogP contribution < -0.4 is 0 Å². The molecule has 0 fully saturated rings. The molecule has 0 amide bonds. The van der Waals surface area contributed by atoms with Gasteiger partial charge >= 0.3 is 23.9 Å². The molecule has 0 aliphatic rings. The topological polar surface area (TPSA) is 105 Å². The summed E-state index contributed by atoms with van der Waals surface area (Å²) in [6, 6.07) is 18.1. The summed E-state index contributed by atoms with van der Waals surface area (Å²) in [5.74, 6) is -3.29. The minimum absolute atomic E-state index is 0.227. The Hall–Kier alpha value is -3.94. The largest absolute Gasteiger partial charge is 0.455 e. The van der Waals surface area contributed by atoms with Crippen LogP contribution in [0.2, 0.25) is 0 Å². The monoisotopic (exact) mass is 454 g/mol. The summed E-state index contributed by atoms with van der Waals surface area (Å²) >= 11 is 0. The predicted octanol–water partition coefficient (Wildman–Crippen LogP) is 3.63. The smallest absolute Gasteiger partial charge is 0.344 e. The van der Waals surface area contributed by atoms with Crippen molar-refractivity contribution in [3.8, 4) is 0 Å². The van der Waals surface area contributed by atoms with E-state index in [2.05, 4.69) is 6.58 Å². The summed E-state index contributed by atoms with van der Waals surface area (Å²) in [5, 5.41) is 0. The molecule has 0 bridgehead atoms. The Morgan fingerprint density at radius 1 is 0.697 bits per heavy atom. The average Bonchev–Trinajstić information content (AvgIpc) is 2.82. The molecular formula is C25H26O8. The van der Waals surface area contributed by atoms with Crippen LogP contribution in [0, 0.1) is 0 Å². The Morgan fingerprint density at radius 3 is 1.58 bits per heavy atom. The van der Waals surface area contributed by atoms with Gasteiger partial charge < -0.3 is 18.9 Å². The van der Waals surface area contributed by atoms with E-state index in [0.29, 0.717) is 0 Å². The molecule has 0 saturated carbocycles. The van der Waals surface area contributed by atoms with Crippen molar-refractivity contribution in [2.45, 2.75) is 32.5 Å². The van der Waals surface area contributed by atoms with Crippen molar-refractivity contribution in [2.24, 2.45) is 0 Å². The molecule has 0 heterocycles. The molecule has 2 atom stereocenters. The van der Waals surface area contributed by atoms with Crippen LogP contribution in [0.1, 0.15) is 43.6 Å². The molecule has 0 saturated heterocycles.